The first-order valence-electron chi connectivity index (χ1n) is 2.28. The molecule has 0 radical (unpaired) electrons. The van der Waals surface area contributed by atoms with Crippen molar-refractivity contribution in [3.05, 3.63) is 13.2 Å². The zero-order chi connectivity index (χ0) is 6.28. The highest BCUT2D eigenvalue weighted by Crippen LogP contribution is 1.68. The van der Waals surface area contributed by atoms with Gasteiger partial charge in [0.25, 0.3) is 0 Å². The third kappa shape index (κ3) is 27.5. The van der Waals surface area contributed by atoms with E-state index in [1.165, 1.54) is 0 Å². The van der Waals surface area contributed by atoms with Gasteiger partial charge in [0.15, 0.2) is 0 Å². The number of hydrogen-bond donors (Lipinski definition) is 2. The van der Waals surface area contributed by atoms with E-state index in [0.717, 1.165) is 6.42 Å². The summed E-state index contributed by atoms with van der Waals surface area (Å²) >= 11 is 0. The summed E-state index contributed by atoms with van der Waals surface area (Å²) < 4.78 is 0. The monoisotopic (exact) mass is 102 g/mol. The Kier molecular flexibility index (Phi) is 12.9. The van der Waals surface area contributed by atoms with Crippen LogP contribution in [0.5, 0.6) is 0 Å². The second-order valence-corrected chi connectivity index (χ2v) is 1.07. The number of nitrogens with two attached hydrogens (primary N) is 2. The molecule has 0 aromatic rings. The second-order valence-electron chi connectivity index (χ2n) is 1.07. The van der Waals surface area contributed by atoms with E-state index >= 15 is 0 Å². The molecule has 0 amide bonds. The van der Waals surface area contributed by atoms with Gasteiger partial charge in [0.2, 0.25) is 0 Å². The summed E-state index contributed by atoms with van der Waals surface area (Å²) in [6.45, 7) is 7.95. The summed E-state index contributed by atoms with van der Waals surface area (Å²) in [5, 5.41) is 0. The highest BCUT2D eigenvalue weighted by molar-refractivity contribution is 4.40. The lowest BCUT2D eigenvalue weighted by molar-refractivity contribution is 0.682. The van der Waals surface area contributed by atoms with Crippen molar-refractivity contribution in [2.24, 2.45) is 11.5 Å². The van der Waals surface area contributed by atoms with Gasteiger partial charge in [-0.3, -0.25) is 0 Å². The average Bonchev–Trinajstić information content (AvgIpc) is 1.73. The summed E-state index contributed by atoms with van der Waals surface area (Å²) in [7, 11) is 0. The molecular formula is C5H14N2. The predicted octanol–water partition coefficient (Wildman–Crippen LogP) is 0.442. The summed E-state index contributed by atoms with van der Waals surface area (Å²) in [5.41, 5.74) is 10.1. The van der Waals surface area contributed by atoms with Crippen molar-refractivity contribution in [3.63, 3.8) is 0 Å². The van der Waals surface area contributed by atoms with Crippen molar-refractivity contribution in [1.82, 2.24) is 0 Å². The van der Waals surface area contributed by atoms with Crippen LogP contribution in [0.1, 0.15) is 13.3 Å². The van der Waals surface area contributed by atoms with Gasteiger partial charge in [0.05, 0.1) is 6.17 Å². The maximum Gasteiger partial charge on any atom is 0.0518 e. The van der Waals surface area contributed by atoms with Gasteiger partial charge in [-0.05, 0) is 6.42 Å². The standard InChI is InChI=1S/C3H10N2.C2H4/c1-2-3(4)5;1-2/h3H,2,4-5H2,1H3;1-2H2. The number of rotatable bonds is 1. The predicted molar refractivity (Wildman–Crippen MR) is 33.7 cm³/mol. The molecule has 0 saturated carbocycles. The van der Waals surface area contributed by atoms with E-state index < -0.39 is 0 Å². The molecule has 4 N–H and O–H groups in total. The van der Waals surface area contributed by atoms with E-state index in [4.69, 9.17) is 11.5 Å². The normalized spacial score (nSPS) is 7.43. The minimum absolute atomic E-state index is 0.116. The molecule has 0 aliphatic heterocycles. The summed E-state index contributed by atoms with van der Waals surface area (Å²) in [4.78, 5) is 0. The van der Waals surface area contributed by atoms with Crippen LogP contribution < -0.4 is 11.5 Å². The van der Waals surface area contributed by atoms with Crippen LogP contribution in [-0.2, 0) is 0 Å². The third-order valence-electron chi connectivity index (χ3n) is 0.471. The lowest BCUT2D eigenvalue weighted by Gasteiger charge is -1.92. The van der Waals surface area contributed by atoms with Gasteiger partial charge >= 0.3 is 0 Å². The first-order valence-corrected chi connectivity index (χ1v) is 2.28. The third-order valence-corrected chi connectivity index (χ3v) is 0.471. The molecule has 7 heavy (non-hydrogen) atoms. The lowest BCUT2D eigenvalue weighted by atomic mass is 10.4. The molecule has 0 aliphatic rings. The molecule has 2 nitrogen and oxygen atoms in total. The zero-order valence-corrected chi connectivity index (χ0v) is 4.85. The Morgan fingerprint density at radius 2 is 1.57 bits per heavy atom. The molecule has 0 heterocycles. The van der Waals surface area contributed by atoms with Crippen molar-refractivity contribution >= 4 is 0 Å². The van der Waals surface area contributed by atoms with Crippen LogP contribution in [0.15, 0.2) is 13.2 Å². The van der Waals surface area contributed by atoms with Crippen LogP contribution in [0.25, 0.3) is 0 Å². The maximum absolute atomic E-state index is 5.07. The zero-order valence-electron chi connectivity index (χ0n) is 4.85. The molecule has 0 spiro atoms. The Morgan fingerprint density at radius 1 is 1.43 bits per heavy atom. The summed E-state index contributed by atoms with van der Waals surface area (Å²) in [6, 6.07) is 0. The molecule has 0 aliphatic carbocycles. The molecule has 0 fully saturated rings. The fourth-order valence-electron chi connectivity index (χ4n) is 0. The SMILES string of the molecule is C=C.CCC(N)N. The van der Waals surface area contributed by atoms with Gasteiger partial charge in [0.1, 0.15) is 0 Å². The van der Waals surface area contributed by atoms with Gasteiger partial charge in [-0.25, -0.2) is 0 Å². The minimum Gasteiger partial charge on any atom is -0.316 e. The molecular weight excluding hydrogens is 88.1 g/mol. The fraction of sp³-hybridized carbons (Fsp3) is 0.600. The molecule has 44 valence electrons. The molecule has 0 aromatic carbocycles. The van der Waals surface area contributed by atoms with E-state index in [0.29, 0.717) is 0 Å². The van der Waals surface area contributed by atoms with Gasteiger partial charge in [-0.1, -0.05) is 6.92 Å². The molecule has 0 aromatic heterocycles. The van der Waals surface area contributed by atoms with Gasteiger partial charge in [0, 0.05) is 0 Å². The molecule has 2 heteroatoms. The van der Waals surface area contributed by atoms with E-state index in [1.807, 2.05) is 6.92 Å². The van der Waals surface area contributed by atoms with Gasteiger partial charge in [-0.15, -0.1) is 13.2 Å². The van der Waals surface area contributed by atoms with Crippen LogP contribution in [0, 0.1) is 0 Å². The van der Waals surface area contributed by atoms with E-state index in [1.54, 1.807) is 0 Å². The molecule has 0 unspecified atom stereocenters. The summed E-state index contributed by atoms with van der Waals surface area (Å²) in [5.74, 6) is 0. The minimum atomic E-state index is -0.116. The topological polar surface area (TPSA) is 52.0 Å². The van der Waals surface area contributed by atoms with Crippen LogP contribution in [0.4, 0.5) is 0 Å². The Labute approximate surface area is 45.2 Å². The quantitative estimate of drug-likeness (QED) is 0.373. The lowest BCUT2D eigenvalue weighted by Crippen LogP contribution is -2.28. The van der Waals surface area contributed by atoms with Crippen molar-refractivity contribution in [2.45, 2.75) is 19.5 Å². The highest BCUT2D eigenvalue weighted by Gasteiger charge is 1.79. The molecule has 0 bridgehead atoms. The Bertz CT molecular complexity index is 27.3. The Hall–Kier alpha value is -0.340. The van der Waals surface area contributed by atoms with Gasteiger partial charge < -0.3 is 11.5 Å². The van der Waals surface area contributed by atoms with E-state index in [2.05, 4.69) is 13.2 Å². The van der Waals surface area contributed by atoms with Crippen molar-refractivity contribution in [1.29, 1.82) is 0 Å². The van der Waals surface area contributed by atoms with Crippen molar-refractivity contribution < 1.29 is 0 Å². The fourth-order valence-corrected chi connectivity index (χ4v) is 0. The first-order chi connectivity index (χ1) is 3.27. The number of hydrogen-bond acceptors (Lipinski definition) is 2. The van der Waals surface area contributed by atoms with Crippen molar-refractivity contribution in [3.8, 4) is 0 Å². The summed E-state index contributed by atoms with van der Waals surface area (Å²) in [6.07, 6.45) is 0.745. The smallest absolute Gasteiger partial charge is 0.0518 e. The van der Waals surface area contributed by atoms with E-state index in [9.17, 15) is 0 Å². The largest absolute Gasteiger partial charge is 0.316 e. The van der Waals surface area contributed by atoms with Crippen LogP contribution in [0.2, 0.25) is 0 Å². The Balaban J connectivity index is 0. The van der Waals surface area contributed by atoms with Crippen LogP contribution >= 0.6 is 0 Å². The van der Waals surface area contributed by atoms with E-state index in [-0.39, 0.29) is 6.17 Å². The molecule has 0 rings (SSSR count). The molecule has 0 atom stereocenters. The van der Waals surface area contributed by atoms with Crippen LogP contribution in [0.3, 0.4) is 0 Å². The van der Waals surface area contributed by atoms with Crippen LogP contribution in [-0.4, -0.2) is 6.17 Å². The Morgan fingerprint density at radius 3 is 1.57 bits per heavy atom. The van der Waals surface area contributed by atoms with Gasteiger partial charge in [-0.2, -0.15) is 0 Å². The maximum atomic E-state index is 5.07. The second kappa shape index (κ2) is 9.18. The van der Waals surface area contributed by atoms with Crippen molar-refractivity contribution in [2.75, 3.05) is 0 Å². The average molecular weight is 102 g/mol. The highest BCUT2D eigenvalue weighted by atomic mass is 14.8. The molecule has 0 saturated heterocycles. The first kappa shape index (κ1) is 9.83.